The lowest BCUT2D eigenvalue weighted by Crippen LogP contribution is -2.54. The number of aromatic nitrogens is 1. The van der Waals surface area contributed by atoms with Gasteiger partial charge in [-0.1, -0.05) is 32.0 Å². The van der Waals surface area contributed by atoms with Crippen LogP contribution in [0.1, 0.15) is 38.7 Å². The van der Waals surface area contributed by atoms with E-state index in [1.165, 1.54) is 56.4 Å². The van der Waals surface area contributed by atoms with Gasteiger partial charge in [0.25, 0.3) is 0 Å². The van der Waals surface area contributed by atoms with Gasteiger partial charge in [-0.3, -0.25) is 9.88 Å². The van der Waals surface area contributed by atoms with E-state index >= 15 is 0 Å². The average molecular weight is 338 g/mol. The summed E-state index contributed by atoms with van der Waals surface area (Å²) in [6.45, 7) is 10.8. The summed E-state index contributed by atoms with van der Waals surface area (Å²) in [4.78, 5) is 10.0. The number of hydrogen-bond acceptors (Lipinski definition) is 3. The number of rotatable bonds is 4. The van der Waals surface area contributed by atoms with Gasteiger partial charge in [-0.25, -0.2) is 0 Å². The highest BCUT2D eigenvalue weighted by Gasteiger charge is 2.35. The van der Waals surface area contributed by atoms with Crippen LogP contribution in [-0.4, -0.2) is 47.0 Å². The summed E-state index contributed by atoms with van der Waals surface area (Å²) in [5.74, 6) is 1.63. The van der Waals surface area contributed by atoms with Crippen molar-refractivity contribution in [3.63, 3.8) is 0 Å². The zero-order chi connectivity index (χ0) is 17.2. The number of para-hydroxylation sites is 1. The molecule has 0 spiro atoms. The number of hydrogen-bond donors (Lipinski definition) is 0. The maximum absolute atomic E-state index is 4.53. The van der Waals surface area contributed by atoms with Crippen LogP contribution >= 0.6 is 0 Å². The minimum Gasteiger partial charge on any atom is -0.303 e. The summed E-state index contributed by atoms with van der Waals surface area (Å²) in [5, 5.41) is 1.32. The van der Waals surface area contributed by atoms with Crippen LogP contribution in [0.4, 0.5) is 0 Å². The van der Waals surface area contributed by atoms with Crippen LogP contribution in [0.5, 0.6) is 0 Å². The van der Waals surface area contributed by atoms with Gasteiger partial charge in [0.2, 0.25) is 0 Å². The van der Waals surface area contributed by atoms with Crippen LogP contribution in [0.25, 0.3) is 10.9 Å². The number of nitrogens with zero attached hydrogens (tertiary/aromatic N) is 3. The highest BCUT2D eigenvalue weighted by molar-refractivity contribution is 5.81. The predicted molar refractivity (Wildman–Crippen MR) is 105 cm³/mol. The summed E-state index contributed by atoms with van der Waals surface area (Å²) >= 11 is 0. The Kier molecular flexibility index (Phi) is 5.05. The Balaban J connectivity index is 1.49. The van der Waals surface area contributed by atoms with Gasteiger partial charge in [-0.2, -0.15) is 0 Å². The van der Waals surface area contributed by atoms with E-state index in [2.05, 4.69) is 59.0 Å². The predicted octanol–water partition coefficient (Wildman–Crippen LogP) is 4.18. The molecule has 1 aromatic carbocycles. The molecule has 4 rings (SSSR count). The van der Waals surface area contributed by atoms with Gasteiger partial charge in [0.15, 0.2) is 0 Å². The van der Waals surface area contributed by atoms with Crippen molar-refractivity contribution in [3.05, 3.63) is 42.1 Å². The number of piperidine rings is 2. The molecule has 0 N–H and O–H groups in total. The first-order chi connectivity index (χ1) is 12.2. The van der Waals surface area contributed by atoms with Crippen LogP contribution in [0.2, 0.25) is 0 Å². The number of likely N-dealkylation sites (tertiary alicyclic amines) is 2. The zero-order valence-corrected chi connectivity index (χ0v) is 15.7. The second-order valence-corrected chi connectivity index (χ2v) is 8.37. The van der Waals surface area contributed by atoms with Gasteiger partial charge in [-0.15, -0.1) is 0 Å². The van der Waals surface area contributed by atoms with E-state index in [0.717, 1.165) is 29.9 Å². The fourth-order valence-corrected chi connectivity index (χ4v) is 4.97. The van der Waals surface area contributed by atoms with Gasteiger partial charge in [0.05, 0.1) is 5.52 Å². The van der Waals surface area contributed by atoms with Crippen molar-refractivity contribution in [3.8, 4) is 0 Å². The lowest BCUT2D eigenvalue weighted by molar-refractivity contribution is 0.0151. The molecule has 3 nitrogen and oxygen atoms in total. The Hall–Kier alpha value is -1.45. The van der Waals surface area contributed by atoms with E-state index in [9.17, 15) is 0 Å². The van der Waals surface area contributed by atoms with Crippen LogP contribution in [-0.2, 0) is 6.54 Å². The minimum absolute atomic E-state index is 0.768. The molecule has 1 aromatic heterocycles. The Morgan fingerprint density at radius 3 is 2.88 bits per heavy atom. The van der Waals surface area contributed by atoms with E-state index < -0.39 is 0 Å². The van der Waals surface area contributed by atoms with Crippen molar-refractivity contribution < 1.29 is 0 Å². The first-order valence-electron chi connectivity index (χ1n) is 10.00. The van der Waals surface area contributed by atoms with Crippen LogP contribution < -0.4 is 0 Å². The van der Waals surface area contributed by atoms with E-state index in [-0.39, 0.29) is 0 Å². The molecule has 25 heavy (non-hydrogen) atoms. The van der Waals surface area contributed by atoms with E-state index in [1.54, 1.807) is 0 Å². The molecule has 0 radical (unpaired) electrons. The number of fused-ring (bicyclic) bond motifs is 2. The van der Waals surface area contributed by atoms with Crippen LogP contribution in [0, 0.1) is 11.8 Å². The molecule has 0 amide bonds. The van der Waals surface area contributed by atoms with E-state index in [1.807, 2.05) is 6.20 Å². The van der Waals surface area contributed by atoms with Crippen molar-refractivity contribution >= 4 is 10.9 Å². The van der Waals surface area contributed by atoms with E-state index in [0.29, 0.717) is 0 Å². The molecule has 2 aliphatic heterocycles. The maximum Gasteiger partial charge on any atom is 0.0705 e. The summed E-state index contributed by atoms with van der Waals surface area (Å²) < 4.78 is 0. The summed E-state index contributed by atoms with van der Waals surface area (Å²) in [5.41, 5.74) is 2.57. The number of pyridine rings is 1. The Bertz CT molecular complexity index is 706. The SMILES string of the molecule is CC(C)CN1CC[C@H]2[C@H](CCCN2Cc2ccnc3ccccc23)C1. The molecule has 134 valence electrons. The van der Waals surface area contributed by atoms with Crippen molar-refractivity contribution in [1.29, 1.82) is 0 Å². The lowest BCUT2D eigenvalue weighted by atomic mass is 9.83. The lowest BCUT2D eigenvalue weighted by Gasteiger charge is -2.47. The van der Waals surface area contributed by atoms with Gasteiger partial charge in [0.1, 0.15) is 0 Å². The third-order valence-electron chi connectivity index (χ3n) is 6.00. The number of benzene rings is 1. The van der Waals surface area contributed by atoms with Crippen molar-refractivity contribution in [2.75, 3.05) is 26.2 Å². The first-order valence-corrected chi connectivity index (χ1v) is 10.00. The highest BCUT2D eigenvalue weighted by Crippen LogP contribution is 2.32. The van der Waals surface area contributed by atoms with Gasteiger partial charge >= 0.3 is 0 Å². The van der Waals surface area contributed by atoms with Gasteiger partial charge < -0.3 is 4.90 Å². The monoisotopic (exact) mass is 337 g/mol. The molecule has 3 heterocycles. The maximum atomic E-state index is 4.53. The average Bonchev–Trinajstić information content (AvgIpc) is 2.61. The van der Waals surface area contributed by atoms with Crippen molar-refractivity contribution in [1.82, 2.24) is 14.8 Å². The molecule has 0 aliphatic carbocycles. The Labute approximate surface area is 152 Å². The molecule has 2 fully saturated rings. The third kappa shape index (κ3) is 3.73. The standard InChI is InChI=1S/C22H31N3/c1-17(2)14-24-13-10-22-19(15-24)6-5-12-25(22)16-18-9-11-23-21-8-4-3-7-20(18)21/h3-4,7-9,11,17,19,22H,5-6,10,12-16H2,1-2H3/t19-,22+/m1/s1. The fraction of sp³-hybridized carbons (Fsp3) is 0.591. The van der Waals surface area contributed by atoms with Gasteiger partial charge in [0, 0.05) is 37.3 Å². The first kappa shape index (κ1) is 17.0. The summed E-state index contributed by atoms with van der Waals surface area (Å²) in [6, 6.07) is 11.6. The van der Waals surface area contributed by atoms with Crippen LogP contribution in [0.15, 0.2) is 36.5 Å². The van der Waals surface area contributed by atoms with Crippen molar-refractivity contribution in [2.24, 2.45) is 11.8 Å². The molecule has 2 atom stereocenters. The molecular formula is C22H31N3. The molecular weight excluding hydrogens is 306 g/mol. The third-order valence-corrected chi connectivity index (χ3v) is 6.00. The highest BCUT2D eigenvalue weighted by atomic mass is 15.2. The smallest absolute Gasteiger partial charge is 0.0705 e. The Morgan fingerprint density at radius 2 is 2.00 bits per heavy atom. The Morgan fingerprint density at radius 1 is 1.12 bits per heavy atom. The fourth-order valence-electron chi connectivity index (χ4n) is 4.97. The normalized spacial score (nSPS) is 25.4. The molecule has 3 heteroatoms. The second-order valence-electron chi connectivity index (χ2n) is 8.37. The molecule has 0 bridgehead atoms. The minimum atomic E-state index is 0.768. The quantitative estimate of drug-likeness (QED) is 0.834. The molecule has 0 saturated carbocycles. The molecule has 2 aliphatic rings. The molecule has 2 saturated heterocycles. The second kappa shape index (κ2) is 7.43. The molecule has 0 unspecified atom stereocenters. The van der Waals surface area contributed by atoms with E-state index in [4.69, 9.17) is 0 Å². The molecule has 2 aromatic rings. The summed E-state index contributed by atoms with van der Waals surface area (Å²) in [7, 11) is 0. The summed E-state index contributed by atoms with van der Waals surface area (Å²) in [6.07, 6.45) is 6.07. The van der Waals surface area contributed by atoms with Gasteiger partial charge in [-0.05, 0) is 61.9 Å². The zero-order valence-electron chi connectivity index (χ0n) is 15.7. The van der Waals surface area contributed by atoms with Crippen molar-refractivity contribution in [2.45, 2.75) is 45.7 Å². The largest absolute Gasteiger partial charge is 0.303 e. The topological polar surface area (TPSA) is 19.4 Å². The van der Waals surface area contributed by atoms with Crippen LogP contribution in [0.3, 0.4) is 0 Å².